The Kier molecular flexibility index (Phi) is 5.24. The molecule has 20 heavy (non-hydrogen) atoms. The first-order valence-corrected chi connectivity index (χ1v) is 8.57. The summed E-state index contributed by atoms with van der Waals surface area (Å²) in [7, 11) is 1.97. The molecule has 0 aliphatic heterocycles. The summed E-state index contributed by atoms with van der Waals surface area (Å²) < 4.78 is 1.64. The van der Waals surface area contributed by atoms with Gasteiger partial charge in [0.2, 0.25) is 0 Å². The van der Waals surface area contributed by atoms with Crippen LogP contribution in [-0.2, 0) is 6.54 Å². The van der Waals surface area contributed by atoms with E-state index in [0.717, 1.165) is 24.1 Å². The predicted molar refractivity (Wildman–Crippen MR) is 86.8 cm³/mol. The number of anilines is 1. The lowest BCUT2D eigenvalue weighted by atomic mass is 9.75. The second kappa shape index (κ2) is 6.74. The van der Waals surface area contributed by atoms with Crippen molar-refractivity contribution in [3.05, 3.63) is 22.6 Å². The van der Waals surface area contributed by atoms with Gasteiger partial charge >= 0.3 is 0 Å². The monoisotopic (exact) mass is 341 g/mol. The lowest BCUT2D eigenvalue weighted by molar-refractivity contribution is 0.180. The van der Waals surface area contributed by atoms with Gasteiger partial charge in [-0.2, -0.15) is 5.10 Å². The van der Waals surface area contributed by atoms with Crippen molar-refractivity contribution < 1.29 is 0 Å². The average molecular weight is 342 g/mol. The fourth-order valence-corrected chi connectivity index (χ4v) is 3.63. The third kappa shape index (κ3) is 3.43. The van der Waals surface area contributed by atoms with Crippen molar-refractivity contribution in [2.45, 2.75) is 45.6 Å². The summed E-state index contributed by atoms with van der Waals surface area (Å²) in [4.78, 5) is 14.3. The van der Waals surface area contributed by atoms with E-state index in [1.807, 2.05) is 11.9 Å². The highest BCUT2D eigenvalue weighted by Gasteiger charge is 2.32. The molecular formula is C15H24BrN3O. The molecule has 1 aliphatic carbocycles. The molecule has 0 N–H and O–H groups in total. The van der Waals surface area contributed by atoms with E-state index in [0.29, 0.717) is 0 Å². The molecule has 2 rings (SSSR count). The van der Waals surface area contributed by atoms with Crippen LogP contribution in [0.4, 0.5) is 5.69 Å². The van der Waals surface area contributed by atoms with E-state index in [-0.39, 0.29) is 11.0 Å². The van der Waals surface area contributed by atoms with Crippen LogP contribution in [0.2, 0.25) is 0 Å². The molecule has 1 saturated carbocycles. The molecule has 0 radical (unpaired) electrons. The number of alkyl halides is 1. The molecule has 1 heterocycles. The van der Waals surface area contributed by atoms with Crippen LogP contribution in [0.5, 0.6) is 0 Å². The first-order chi connectivity index (χ1) is 9.60. The fraction of sp³-hybridized carbons (Fsp3) is 0.733. The van der Waals surface area contributed by atoms with Crippen molar-refractivity contribution in [2.75, 3.05) is 23.8 Å². The lowest BCUT2D eigenvalue weighted by Gasteiger charge is -2.35. The van der Waals surface area contributed by atoms with E-state index >= 15 is 0 Å². The van der Waals surface area contributed by atoms with Crippen LogP contribution in [-0.4, -0.2) is 28.7 Å². The van der Waals surface area contributed by atoms with Gasteiger partial charge in [-0.3, -0.25) is 4.79 Å². The molecule has 0 unspecified atom stereocenters. The van der Waals surface area contributed by atoms with Gasteiger partial charge < -0.3 is 4.90 Å². The second-order valence-electron chi connectivity index (χ2n) is 5.92. The summed E-state index contributed by atoms with van der Waals surface area (Å²) in [5.41, 5.74) is 1.10. The summed E-state index contributed by atoms with van der Waals surface area (Å²) in [6, 6.07) is 1.70. The molecule has 1 aromatic rings. The molecule has 0 amide bonds. The predicted octanol–water partition coefficient (Wildman–Crippen LogP) is 3.04. The van der Waals surface area contributed by atoms with E-state index in [4.69, 9.17) is 0 Å². The minimum absolute atomic E-state index is 0.00805. The summed E-state index contributed by atoms with van der Waals surface area (Å²) in [6.45, 7) is 3.66. The molecule has 5 heteroatoms. The minimum atomic E-state index is 0.00805. The average Bonchev–Trinajstić information content (AvgIpc) is 2.49. The zero-order valence-electron chi connectivity index (χ0n) is 12.4. The highest BCUT2D eigenvalue weighted by Crippen LogP contribution is 2.38. The van der Waals surface area contributed by atoms with Crippen LogP contribution < -0.4 is 10.5 Å². The quantitative estimate of drug-likeness (QED) is 0.772. The smallest absolute Gasteiger partial charge is 0.268 e. The highest BCUT2D eigenvalue weighted by molar-refractivity contribution is 9.09. The molecule has 0 atom stereocenters. The van der Waals surface area contributed by atoms with Crippen LogP contribution in [0, 0.1) is 5.41 Å². The number of halogens is 1. The SMILES string of the molecule is CCN(C)c1cnn(CC2(CBr)CCCCC2)c(=O)c1. The van der Waals surface area contributed by atoms with Crippen LogP contribution >= 0.6 is 15.9 Å². The van der Waals surface area contributed by atoms with Crippen molar-refractivity contribution in [2.24, 2.45) is 5.41 Å². The van der Waals surface area contributed by atoms with Gasteiger partial charge in [-0.15, -0.1) is 0 Å². The number of hydrogen-bond acceptors (Lipinski definition) is 3. The van der Waals surface area contributed by atoms with Crippen LogP contribution in [0.25, 0.3) is 0 Å². The maximum Gasteiger partial charge on any atom is 0.268 e. The zero-order chi connectivity index (χ0) is 14.6. The Morgan fingerprint density at radius 1 is 1.40 bits per heavy atom. The van der Waals surface area contributed by atoms with Gasteiger partial charge in [-0.25, -0.2) is 4.68 Å². The van der Waals surface area contributed by atoms with Crippen molar-refractivity contribution in [3.63, 3.8) is 0 Å². The van der Waals surface area contributed by atoms with Gasteiger partial charge in [-0.1, -0.05) is 35.2 Å². The molecule has 4 nitrogen and oxygen atoms in total. The first kappa shape index (κ1) is 15.5. The summed E-state index contributed by atoms with van der Waals surface area (Å²) in [5, 5.41) is 5.33. The van der Waals surface area contributed by atoms with E-state index in [2.05, 4.69) is 28.0 Å². The normalized spacial score (nSPS) is 17.9. The van der Waals surface area contributed by atoms with Crippen LogP contribution in [0.3, 0.4) is 0 Å². The van der Waals surface area contributed by atoms with Gasteiger partial charge in [0.25, 0.3) is 5.56 Å². The van der Waals surface area contributed by atoms with Crippen molar-refractivity contribution in [1.29, 1.82) is 0 Å². The molecule has 1 aromatic heterocycles. The highest BCUT2D eigenvalue weighted by atomic mass is 79.9. The van der Waals surface area contributed by atoms with E-state index in [1.54, 1.807) is 16.9 Å². The van der Waals surface area contributed by atoms with Crippen LogP contribution in [0.1, 0.15) is 39.0 Å². The Bertz CT molecular complexity index is 494. The van der Waals surface area contributed by atoms with Crippen molar-refractivity contribution in [1.82, 2.24) is 9.78 Å². The third-order valence-corrected chi connectivity index (χ3v) is 5.64. The van der Waals surface area contributed by atoms with E-state index < -0.39 is 0 Å². The first-order valence-electron chi connectivity index (χ1n) is 7.44. The van der Waals surface area contributed by atoms with Gasteiger partial charge in [0, 0.05) is 25.0 Å². The van der Waals surface area contributed by atoms with Crippen molar-refractivity contribution >= 4 is 21.6 Å². The second-order valence-corrected chi connectivity index (χ2v) is 6.48. The van der Waals surface area contributed by atoms with Gasteiger partial charge in [0.15, 0.2) is 0 Å². The molecule has 112 valence electrons. The van der Waals surface area contributed by atoms with E-state index in [9.17, 15) is 4.79 Å². The molecule has 0 bridgehead atoms. The van der Waals surface area contributed by atoms with Crippen molar-refractivity contribution in [3.8, 4) is 0 Å². The molecule has 0 spiro atoms. The minimum Gasteiger partial charge on any atom is -0.373 e. The summed E-state index contributed by atoms with van der Waals surface area (Å²) in [6.07, 6.45) is 8.01. The Morgan fingerprint density at radius 3 is 2.65 bits per heavy atom. The Hall–Kier alpha value is -0.840. The number of aromatic nitrogens is 2. The third-order valence-electron chi connectivity index (χ3n) is 4.45. The Labute approximate surface area is 129 Å². The fourth-order valence-electron chi connectivity index (χ4n) is 2.89. The summed E-state index contributed by atoms with van der Waals surface area (Å²) in [5.74, 6) is 0. The van der Waals surface area contributed by atoms with Crippen LogP contribution in [0.15, 0.2) is 17.1 Å². The number of hydrogen-bond donors (Lipinski definition) is 0. The van der Waals surface area contributed by atoms with Gasteiger partial charge in [0.1, 0.15) is 0 Å². The molecule has 1 fully saturated rings. The molecule has 1 aliphatic rings. The van der Waals surface area contributed by atoms with Gasteiger partial charge in [-0.05, 0) is 25.2 Å². The maximum absolute atomic E-state index is 12.3. The Morgan fingerprint density at radius 2 is 2.10 bits per heavy atom. The zero-order valence-corrected chi connectivity index (χ0v) is 14.0. The molecular weight excluding hydrogens is 318 g/mol. The van der Waals surface area contributed by atoms with E-state index in [1.165, 1.54) is 32.1 Å². The number of rotatable bonds is 5. The largest absolute Gasteiger partial charge is 0.373 e. The maximum atomic E-state index is 12.3. The topological polar surface area (TPSA) is 38.1 Å². The molecule has 0 aromatic carbocycles. The van der Waals surface area contributed by atoms with Gasteiger partial charge in [0.05, 0.1) is 18.4 Å². The Balaban J connectivity index is 2.18. The lowest BCUT2D eigenvalue weighted by Crippen LogP contribution is -2.36. The summed E-state index contributed by atoms with van der Waals surface area (Å²) >= 11 is 3.65. The standard InChI is InChI=1S/C15H24BrN3O/c1-3-18(2)13-9-14(20)19(17-10-13)12-15(11-16)7-5-4-6-8-15/h9-10H,3-8,11-12H2,1-2H3. The molecule has 0 saturated heterocycles. The number of nitrogens with zero attached hydrogens (tertiary/aromatic N) is 3.